The number of ether oxygens (including phenoxy) is 1. The lowest BCUT2D eigenvalue weighted by molar-refractivity contribution is 0.0836. The first-order chi connectivity index (χ1) is 11.5. The highest BCUT2D eigenvalue weighted by Crippen LogP contribution is 2.34. The van der Waals surface area contributed by atoms with Crippen LogP contribution in [0.25, 0.3) is 0 Å². The zero-order valence-electron chi connectivity index (χ0n) is 14.8. The van der Waals surface area contributed by atoms with Crippen LogP contribution in [0.3, 0.4) is 0 Å². The van der Waals surface area contributed by atoms with Gasteiger partial charge in [0.25, 0.3) is 0 Å². The van der Waals surface area contributed by atoms with Crippen LogP contribution in [0.15, 0.2) is 41.6 Å². The molecule has 0 atom stereocenters. The molecule has 128 valence electrons. The lowest BCUT2D eigenvalue weighted by Gasteiger charge is -2.25. The molecule has 0 spiro atoms. The van der Waals surface area contributed by atoms with E-state index in [-0.39, 0.29) is 11.9 Å². The van der Waals surface area contributed by atoms with Crippen LogP contribution in [0.2, 0.25) is 0 Å². The van der Waals surface area contributed by atoms with Crippen molar-refractivity contribution < 1.29 is 9.94 Å². The van der Waals surface area contributed by atoms with Gasteiger partial charge in [0.05, 0.1) is 6.61 Å². The van der Waals surface area contributed by atoms with Gasteiger partial charge >= 0.3 is 0 Å². The van der Waals surface area contributed by atoms with Crippen LogP contribution in [-0.4, -0.2) is 17.6 Å². The molecule has 0 saturated heterocycles. The predicted molar refractivity (Wildman–Crippen MR) is 97.7 cm³/mol. The number of hydrogen-bond acceptors (Lipinski definition) is 3. The number of amidine groups is 1. The third kappa shape index (κ3) is 3.95. The molecule has 2 aromatic rings. The van der Waals surface area contributed by atoms with Gasteiger partial charge in [0.1, 0.15) is 11.9 Å². The van der Waals surface area contributed by atoms with Crippen molar-refractivity contribution in [1.82, 2.24) is 0 Å². The van der Waals surface area contributed by atoms with Gasteiger partial charge in [-0.05, 0) is 61.1 Å². The standard InChI is InChI=1S/C20H26N2O2/c1-13-7-5-8-14(2)18(13)20(24-12-11-17(21)22-23)19-15(3)9-6-10-16(19)4/h5-10,20,23H,11-12H2,1-4H3,(H2,21,22). The fourth-order valence-corrected chi connectivity index (χ4v) is 3.12. The average Bonchev–Trinajstić information content (AvgIpc) is 2.53. The fourth-order valence-electron chi connectivity index (χ4n) is 3.12. The molecule has 0 bridgehead atoms. The van der Waals surface area contributed by atoms with Crippen molar-refractivity contribution in [3.8, 4) is 0 Å². The molecule has 0 aliphatic carbocycles. The number of rotatable bonds is 6. The summed E-state index contributed by atoms with van der Waals surface area (Å²) >= 11 is 0. The summed E-state index contributed by atoms with van der Waals surface area (Å²) < 4.78 is 6.24. The Morgan fingerprint density at radius 2 is 1.38 bits per heavy atom. The van der Waals surface area contributed by atoms with Gasteiger partial charge in [-0.1, -0.05) is 41.6 Å². The number of benzene rings is 2. The van der Waals surface area contributed by atoms with Gasteiger partial charge in [-0.2, -0.15) is 0 Å². The molecule has 0 amide bonds. The minimum atomic E-state index is -0.168. The summed E-state index contributed by atoms with van der Waals surface area (Å²) in [6.45, 7) is 8.82. The second-order valence-corrected chi connectivity index (χ2v) is 6.20. The second-order valence-electron chi connectivity index (χ2n) is 6.20. The monoisotopic (exact) mass is 326 g/mol. The maximum absolute atomic E-state index is 8.72. The SMILES string of the molecule is Cc1cccc(C)c1C(OCC/C(N)=N/O)c1c(C)cccc1C. The summed E-state index contributed by atoms with van der Waals surface area (Å²) in [5.74, 6) is 0.178. The van der Waals surface area contributed by atoms with Crippen LogP contribution in [0, 0.1) is 27.7 Å². The molecular weight excluding hydrogens is 300 g/mol. The summed E-state index contributed by atoms with van der Waals surface area (Å²) in [6, 6.07) is 12.6. The maximum Gasteiger partial charge on any atom is 0.141 e. The lowest BCUT2D eigenvalue weighted by atomic mass is 9.88. The minimum Gasteiger partial charge on any atom is -0.409 e. The van der Waals surface area contributed by atoms with E-state index in [0.29, 0.717) is 13.0 Å². The van der Waals surface area contributed by atoms with Crippen LogP contribution >= 0.6 is 0 Å². The molecule has 24 heavy (non-hydrogen) atoms. The summed E-state index contributed by atoms with van der Waals surface area (Å²) in [5, 5.41) is 11.7. The van der Waals surface area contributed by atoms with Gasteiger partial charge < -0.3 is 15.7 Å². The van der Waals surface area contributed by atoms with Crippen LogP contribution in [0.1, 0.15) is 45.9 Å². The normalized spacial score (nSPS) is 12.0. The average molecular weight is 326 g/mol. The zero-order valence-corrected chi connectivity index (χ0v) is 14.8. The Kier molecular flexibility index (Phi) is 5.99. The summed E-state index contributed by atoms with van der Waals surface area (Å²) in [5.41, 5.74) is 12.8. The molecule has 0 radical (unpaired) electrons. The quantitative estimate of drug-likeness (QED) is 0.362. The van der Waals surface area contributed by atoms with Crippen LogP contribution < -0.4 is 5.73 Å². The van der Waals surface area contributed by atoms with Crippen molar-refractivity contribution in [1.29, 1.82) is 0 Å². The molecule has 0 aromatic heterocycles. The first kappa shape index (κ1) is 18.0. The van der Waals surface area contributed by atoms with E-state index in [1.807, 2.05) is 0 Å². The highest BCUT2D eigenvalue weighted by atomic mass is 16.5. The molecule has 2 aromatic carbocycles. The van der Waals surface area contributed by atoms with Crippen molar-refractivity contribution in [2.24, 2.45) is 10.9 Å². The third-order valence-electron chi connectivity index (χ3n) is 4.38. The first-order valence-electron chi connectivity index (χ1n) is 8.16. The van der Waals surface area contributed by atoms with Gasteiger partial charge in [-0.15, -0.1) is 0 Å². The summed E-state index contributed by atoms with van der Waals surface area (Å²) in [6.07, 6.45) is 0.224. The Morgan fingerprint density at radius 1 is 0.958 bits per heavy atom. The van der Waals surface area contributed by atoms with Gasteiger partial charge in [0.2, 0.25) is 0 Å². The molecule has 0 heterocycles. The molecule has 3 N–H and O–H groups in total. The van der Waals surface area contributed by atoms with Gasteiger partial charge in [0, 0.05) is 6.42 Å². The number of aryl methyl sites for hydroxylation is 4. The predicted octanol–water partition coefficient (Wildman–Crippen LogP) is 4.16. The van der Waals surface area contributed by atoms with Crippen molar-refractivity contribution >= 4 is 5.84 Å². The Bertz CT molecular complexity index is 646. The maximum atomic E-state index is 8.72. The molecule has 0 fully saturated rings. The van der Waals surface area contributed by atoms with Gasteiger partial charge in [0.15, 0.2) is 0 Å². The summed E-state index contributed by atoms with van der Waals surface area (Å²) in [7, 11) is 0. The summed E-state index contributed by atoms with van der Waals surface area (Å²) in [4.78, 5) is 0. The third-order valence-corrected chi connectivity index (χ3v) is 4.38. The highest BCUT2D eigenvalue weighted by molar-refractivity contribution is 5.79. The first-order valence-corrected chi connectivity index (χ1v) is 8.16. The van der Waals surface area contributed by atoms with E-state index in [1.165, 1.54) is 33.4 Å². The number of nitrogens with two attached hydrogens (primary N) is 1. The van der Waals surface area contributed by atoms with Crippen molar-refractivity contribution in [2.75, 3.05) is 6.61 Å². The van der Waals surface area contributed by atoms with E-state index in [2.05, 4.69) is 69.2 Å². The molecule has 0 aliphatic heterocycles. The number of oxime groups is 1. The van der Waals surface area contributed by atoms with E-state index in [1.54, 1.807) is 0 Å². The minimum absolute atomic E-state index is 0.168. The molecule has 0 aliphatic rings. The number of hydrogen-bond donors (Lipinski definition) is 2. The lowest BCUT2D eigenvalue weighted by Crippen LogP contribution is -2.18. The smallest absolute Gasteiger partial charge is 0.141 e. The number of nitrogens with zero attached hydrogens (tertiary/aromatic N) is 1. The van der Waals surface area contributed by atoms with Gasteiger partial charge in [-0.25, -0.2) is 0 Å². The van der Waals surface area contributed by atoms with Crippen molar-refractivity contribution in [2.45, 2.75) is 40.2 Å². The Balaban J connectivity index is 2.46. The molecule has 2 rings (SSSR count). The van der Waals surface area contributed by atoms with E-state index in [4.69, 9.17) is 15.7 Å². The Labute approximate surface area is 144 Å². The van der Waals surface area contributed by atoms with E-state index in [9.17, 15) is 0 Å². The van der Waals surface area contributed by atoms with E-state index >= 15 is 0 Å². The van der Waals surface area contributed by atoms with E-state index < -0.39 is 0 Å². The Morgan fingerprint density at radius 3 is 1.75 bits per heavy atom. The second kappa shape index (κ2) is 7.97. The topological polar surface area (TPSA) is 67.8 Å². The van der Waals surface area contributed by atoms with Crippen LogP contribution in [-0.2, 0) is 4.74 Å². The van der Waals surface area contributed by atoms with Crippen LogP contribution in [0.5, 0.6) is 0 Å². The van der Waals surface area contributed by atoms with Crippen molar-refractivity contribution in [3.63, 3.8) is 0 Å². The largest absolute Gasteiger partial charge is 0.409 e. The van der Waals surface area contributed by atoms with E-state index in [0.717, 1.165) is 0 Å². The zero-order chi connectivity index (χ0) is 17.7. The highest BCUT2D eigenvalue weighted by Gasteiger charge is 2.22. The Hall–Kier alpha value is -2.33. The molecule has 4 nitrogen and oxygen atoms in total. The van der Waals surface area contributed by atoms with Gasteiger partial charge in [-0.3, -0.25) is 0 Å². The fraction of sp³-hybridized carbons (Fsp3) is 0.350. The van der Waals surface area contributed by atoms with Crippen molar-refractivity contribution in [3.05, 3.63) is 69.8 Å². The molecule has 0 unspecified atom stereocenters. The van der Waals surface area contributed by atoms with Crippen LogP contribution in [0.4, 0.5) is 0 Å². The molecule has 4 heteroatoms. The molecule has 0 saturated carbocycles. The molecular formula is C20H26N2O2.